The van der Waals surface area contributed by atoms with Crippen molar-refractivity contribution in [2.75, 3.05) is 36.9 Å². The Morgan fingerprint density at radius 2 is 1.73 bits per heavy atom. The molecule has 0 saturated carbocycles. The van der Waals surface area contributed by atoms with E-state index in [9.17, 15) is 14.4 Å². The number of nitrogens with zero attached hydrogens (tertiary/aromatic N) is 2. The molecule has 0 aromatic heterocycles. The molecule has 7 nitrogen and oxygen atoms in total. The van der Waals surface area contributed by atoms with Gasteiger partial charge in [0.1, 0.15) is 0 Å². The predicted molar refractivity (Wildman–Crippen MR) is 132 cm³/mol. The molecule has 1 aliphatic rings. The molecule has 1 aliphatic heterocycles. The number of para-hydroxylation sites is 1. The summed E-state index contributed by atoms with van der Waals surface area (Å²) in [7, 11) is 1.64. The zero-order valence-electron chi connectivity index (χ0n) is 20.2. The van der Waals surface area contributed by atoms with Gasteiger partial charge in [-0.2, -0.15) is 0 Å². The minimum atomic E-state index is -0.227. The lowest BCUT2D eigenvalue weighted by Gasteiger charge is -2.33. The van der Waals surface area contributed by atoms with E-state index in [1.54, 1.807) is 7.05 Å². The summed E-state index contributed by atoms with van der Waals surface area (Å²) in [5, 5.41) is 5.88. The molecule has 3 rings (SSSR count). The first kappa shape index (κ1) is 24.3. The molecule has 0 spiro atoms. The molecule has 2 aromatic carbocycles. The maximum absolute atomic E-state index is 12.9. The van der Waals surface area contributed by atoms with Crippen molar-refractivity contribution in [3.63, 3.8) is 0 Å². The Balaban J connectivity index is 1.66. The van der Waals surface area contributed by atoms with Gasteiger partial charge in [0.2, 0.25) is 11.8 Å². The lowest BCUT2D eigenvalue weighted by molar-refractivity contribution is -0.132. The molecule has 0 aliphatic carbocycles. The Bertz CT molecular complexity index is 1030. The summed E-state index contributed by atoms with van der Waals surface area (Å²) >= 11 is 0. The van der Waals surface area contributed by atoms with Crippen molar-refractivity contribution < 1.29 is 14.4 Å². The van der Waals surface area contributed by atoms with Gasteiger partial charge < -0.3 is 20.4 Å². The first-order valence-electron chi connectivity index (χ1n) is 11.4. The highest BCUT2D eigenvalue weighted by molar-refractivity contribution is 5.98. The van der Waals surface area contributed by atoms with Crippen LogP contribution in [-0.2, 0) is 16.0 Å². The number of carbonyl (C=O) groups excluding carboxylic acids is 3. The summed E-state index contributed by atoms with van der Waals surface area (Å²) < 4.78 is 0. The van der Waals surface area contributed by atoms with Crippen LogP contribution in [0, 0.1) is 13.8 Å². The number of nitrogens with one attached hydrogen (secondary N) is 2. The van der Waals surface area contributed by atoms with Crippen molar-refractivity contribution in [1.29, 1.82) is 0 Å². The number of fused-ring (bicyclic) bond motifs is 1. The molecule has 0 unspecified atom stereocenters. The molecule has 2 aromatic rings. The van der Waals surface area contributed by atoms with Crippen LogP contribution < -0.4 is 15.5 Å². The highest BCUT2D eigenvalue weighted by Gasteiger charge is 2.25. The van der Waals surface area contributed by atoms with Gasteiger partial charge in [0.05, 0.1) is 13.1 Å². The van der Waals surface area contributed by atoms with E-state index in [2.05, 4.69) is 10.6 Å². The quantitative estimate of drug-likeness (QED) is 0.678. The molecule has 0 atom stereocenters. The standard InChI is InChI=1S/C26H34N4O3/c1-17(2)27-26(33)21-11-7-13-22-20(21)12-8-14-30(22)16-24(32)29(5)15-23(31)28-25-18(3)9-6-10-19(25)4/h6-7,9-11,13,17H,8,12,14-16H2,1-5H3,(H,27,33)(H,28,31). The van der Waals surface area contributed by atoms with Gasteiger partial charge in [0.25, 0.3) is 5.91 Å². The summed E-state index contributed by atoms with van der Waals surface area (Å²) in [5.41, 5.74) is 5.32. The fourth-order valence-corrected chi connectivity index (χ4v) is 4.20. The number of amides is 3. The lowest BCUT2D eigenvalue weighted by Crippen LogP contribution is -2.43. The number of hydrogen-bond acceptors (Lipinski definition) is 4. The van der Waals surface area contributed by atoms with E-state index in [1.165, 1.54) is 4.90 Å². The van der Waals surface area contributed by atoms with Gasteiger partial charge in [-0.05, 0) is 69.4 Å². The second kappa shape index (κ2) is 10.5. The topological polar surface area (TPSA) is 81.8 Å². The third-order valence-corrected chi connectivity index (χ3v) is 5.89. The van der Waals surface area contributed by atoms with E-state index >= 15 is 0 Å². The Morgan fingerprint density at radius 1 is 1.06 bits per heavy atom. The van der Waals surface area contributed by atoms with Crippen LogP contribution in [0.5, 0.6) is 0 Å². The van der Waals surface area contributed by atoms with Gasteiger partial charge in [-0.1, -0.05) is 24.3 Å². The van der Waals surface area contributed by atoms with Crippen LogP contribution in [0.25, 0.3) is 0 Å². The smallest absolute Gasteiger partial charge is 0.251 e. The normalized spacial score (nSPS) is 12.8. The van der Waals surface area contributed by atoms with Crippen LogP contribution in [0.4, 0.5) is 11.4 Å². The Morgan fingerprint density at radius 3 is 2.39 bits per heavy atom. The maximum Gasteiger partial charge on any atom is 0.251 e. The van der Waals surface area contributed by atoms with Crippen molar-refractivity contribution in [3.8, 4) is 0 Å². The van der Waals surface area contributed by atoms with E-state index in [0.717, 1.165) is 47.5 Å². The van der Waals surface area contributed by atoms with Gasteiger partial charge in [-0.3, -0.25) is 14.4 Å². The van der Waals surface area contributed by atoms with Gasteiger partial charge in [0, 0.05) is 36.6 Å². The average molecular weight is 451 g/mol. The van der Waals surface area contributed by atoms with E-state index in [1.807, 2.05) is 69.0 Å². The maximum atomic E-state index is 12.9. The van der Waals surface area contributed by atoms with Crippen molar-refractivity contribution in [2.45, 2.75) is 46.6 Å². The van der Waals surface area contributed by atoms with Crippen LogP contribution in [0.3, 0.4) is 0 Å². The van der Waals surface area contributed by atoms with Crippen LogP contribution >= 0.6 is 0 Å². The fraction of sp³-hybridized carbons (Fsp3) is 0.423. The molecule has 1 heterocycles. The summed E-state index contributed by atoms with van der Waals surface area (Å²) in [6.07, 6.45) is 1.67. The number of hydrogen-bond donors (Lipinski definition) is 2. The van der Waals surface area contributed by atoms with Gasteiger partial charge in [-0.15, -0.1) is 0 Å². The van der Waals surface area contributed by atoms with Crippen LogP contribution in [0.1, 0.15) is 47.3 Å². The highest BCUT2D eigenvalue weighted by Crippen LogP contribution is 2.30. The molecule has 3 amide bonds. The highest BCUT2D eigenvalue weighted by atomic mass is 16.2. The van der Waals surface area contributed by atoms with Gasteiger partial charge in [-0.25, -0.2) is 0 Å². The van der Waals surface area contributed by atoms with Crippen molar-refractivity contribution >= 4 is 29.1 Å². The largest absolute Gasteiger partial charge is 0.362 e. The van der Waals surface area contributed by atoms with Crippen molar-refractivity contribution in [3.05, 3.63) is 58.7 Å². The number of rotatable bonds is 7. The van der Waals surface area contributed by atoms with E-state index in [-0.39, 0.29) is 36.9 Å². The second-order valence-corrected chi connectivity index (χ2v) is 9.02. The van der Waals surface area contributed by atoms with Crippen molar-refractivity contribution in [1.82, 2.24) is 10.2 Å². The van der Waals surface area contributed by atoms with Crippen LogP contribution in [0.2, 0.25) is 0 Å². The zero-order chi connectivity index (χ0) is 24.1. The van der Waals surface area contributed by atoms with Crippen LogP contribution in [0.15, 0.2) is 36.4 Å². The molecule has 0 radical (unpaired) electrons. The monoisotopic (exact) mass is 450 g/mol. The third kappa shape index (κ3) is 5.92. The molecule has 176 valence electrons. The number of likely N-dealkylation sites (N-methyl/N-ethyl adjacent to an activating group) is 1. The molecular formula is C26H34N4O3. The SMILES string of the molecule is Cc1cccc(C)c1NC(=O)CN(C)C(=O)CN1CCCc2c(C(=O)NC(C)C)cccc21. The number of carbonyl (C=O) groups is 3. The molecule has 7 heteroatoms. The molecule has 0 saturated heterocycles. The zero-order valence-corrected chi connectivity index (χ0v) is 20.2. The summed E-state index contributed by atoms with van der Waals surface area (Å²) in [6, 6.07) is 11.6. The summed E-state index contributed by atoms with van der Waals surface area (Å²) in [5.74, 6) is -0.457. The molecule has 2 N–H and O–H groups in total. The molecule has 0 bridgehead atoms. The molecular weight excluding hydrogens is 416 g/mol. The van der Waals surface area contributed by atoms with Gasteiger partial charge >= 0.3 is 0 Å². The van der Waals surface area contributed by atoms with E-state index < -0.39 is 0 Å². The number of anilines is 2. The first-order chi connectivity index (χ1) is 15.7. The molecule has 0 fully saturated rings. The number of benzene rings is 2. The Hall–Kier alpha value is -3.35. The summed E-state index contributed by atoms with van der Waals surface area (Å²) in [4.78, 5) is 41.6. The van der Waals surface area contributed by atoms with Gasteiger partial charge in [0.15, 0.2) is 0 Å². The third-order valence-electron chi connectivity index (χ3n) is 5.89. The lowest BCUT2D eigenvalue weighted by atomic mass is 9.95. The van der Waals surface area contributed by atoms with Crippen LogP contribution in [-0.4, -0.2) is 55.3 Å². The van der Waals surface area contributed by atoms with Crippen molar-refractivity contribution in [2.24, 2.45) is 0 Å². The fourth-order valence-electron chi connectivity index (χ4n) is 4.20. The average Bonchev–Trinajstić information content (AvgIpc) is 2.75. The predicted octanol–water partition coefficient (Wildman–Crippen LogP) is 3.29. The first-order valence-corrected chi connectivity index (χ1v) is 11.4. The molecule has 33 heavy (non-hydrogen) atoms. The van der Waals surface area contributed by atoms with E-state index in [4.69, 9.17) is 0 Å². The minimum absolute atomic E-state index is 0.0237. The summed E-state index contributed by atoms with van der Waals surface area (Å²) in [6.45, 7) is 8.63. The minimum Gasteiger partial charge on any atom is -0.362 e. The second-order valence-electron chi connectivity index (χ2n) is 9.02. The Kier molecular flexibility index (Phi) is 7.74. The van der Waals surface area contributed by atoms with E-state index in [0.29, 0.717) is 5.56 Å². The number of aryl methyl sites for hydroxylation is 2. The Labute approximate surface area is 196 Å².